The highest BCUT2D eigenvalue weighted by Gasteiger charge is 2.22. The molecule has 2 aromatic rings. The number of hydrogen-bond donors (Lipinski definition) is 1. The van der Waals surface area contributed by atoms with Crippen LogP contribution in [0.1, 0.15) is 59.2 Å². The van der Waals surface area contributed by atoms with Gasteiger partial charge in [-0.05, 0) is 41.5 Å². The molecule has 0 unspecified atom stereocenters. The average Bonchev–Trinajstić information content (AvgIpc) is 2.53. The number of allylic oxidation sites excluding steroid dienone is 1. The summed E-state index contributed by atoms with van der Waals surface area (Å²) in [5.41, 5.74) is 3.21. The van der Waals surface area contributed by atoms with E-state index in [-0.39, 0.29) is 16.6 Å². The Morgan fingerprint density at radius 1 is 1.08 bits per heavy atom. The fourth-order valence-electron chi connectivity index (χ4n) is 2.44. The summed E-state index contributed by atoms with van der Waals surface area (Å²) >= 11 is 6.00. The maximum atomic E-state index is 10.8. The number of pyridine rings is 1. The lowest BCUT2D eigenvalue weighted by Gasteiger charge is -2.23. The first-order valence-corrected chi connectivity index (χ1v) is 9.11. The Labute approximate surface area is 156 Å². The molecule has 1 aromatic heterocycles. The molecule has 2 nitrogen and oxygen atoms in total. The van der Waals surface area contributed by atoms with E-state index in [0.29, 0.717) is 10.7 Å². The fraction of sp³-hybridized carbons (Fsp3) is 0.409. The number of nitrogens with zero attached hydrogens (tertiary/aromatic N) is 1. The van der Waals surface area contributed by atoms with Crippen molar-refractivity contribution in [3.63, 3.8) is 0 Å². The third kappa shape index (κ3) is 4.85. The lowest BCUT2D eigenvalue weighted by Crippen LogP contribution is -2.13. The van der Waals surface area contributed by atoms with Crippen molar-refractivity contribution in [1.29, 1.82) is 0 Å². The van der Waals surface area contributed by atoms with Gasteiger partial charge in [0.1, 0.15) is 11.4 Å². The van der Waals surface area contributed by atoms with Crippen LogP contribution in [0.15, 0.2) is 36.4 Å². The van der Waals surface area contributed by atoms with Crippen molar-refractivity contribution >= 4 is 17.7 Å². The van der Waals surface area contributed by atoms with E-state index in [1.54, 1.807) is 0 Å². The third-order valence-corrected chi connectivity index (χ3v) is 4.82. The highest BCUT2D eigenvalue weighted by atomic mass is 35.5. The molecule has 0 aliphatic rings. The van der Waals surface area contributed by atoms with E-state index in [4.69, 9.17) is 16.6 Å². The van der Waals surface area contributed by atoms with E-state index in [1.165, 1.54) is 0 Å². The maximum Gasteiger partial charge on any atom is 0.144 e. The van der Waals surface area contributed by atoms with E-state index in [2.05, 4.69) is 47.6 Å². The number of benzene rings is 1. The predicted molar refractivity (Wildman–Crippen MR) is 108 cm³/mol. The van der Waals surface area contributed by atoms with Gasteiger partial charge >= 0.3 is 0 Å². The van der Waals surface area contributed by atoms with Crippen molar-refractivity contribution < 1.29 is 5.11 Å². The smallest absolute Gasteiger partial charge is 0.144 e. The minimum absolute atomic E-state index is 0.0618. The van der Waals surface area contributed by atoms with Gasteiger partial charge in [0.25, 0.3) is 0 Å². The topological polar surface area (TPSA) is 33.1 Å². The van der Waals surface area contributed by atoms with E-state index in [0.717, 1.165) is 23.2 Å². The van der Waals surface area contributed by atoms with Crippen LogP contribution in [0.25, 0.3) is 17.3 Å². The average molecular weight is 358 g/mol. The van der Waals surface area contributed by atoms with Crippen molar-refractivity contribution in [3.8, 4) is 17.0 Å². The van der Waals surface area contributed by atoms with E-state index in [1.807, 2.05) is 36.4 Å². The SMILES string of the molecule is CCC(C)(C)/C=C/c1nc(-c2ccc(Cl)cc2)cc(C(C)(C)C)c1O. The summed E-state index contributed by atoms with van der Waals surface area (Å²) in [5.74, 6) is 0.258. The maximum absolute atomic E-state index is 10.8. The van der Waals surface area contributed by atoms with Crippen LogP contribution in [-0.2, 0) is 5.41 Å². The van der Waals surface area contributed by atoms with Gasteiger partial charge in [0.15, 0.2) is 0 Å². The van der Waals surface area contributed by atoms with Gasteiger partial charge in [-0.3, -0.25) is 0 Å². The standard InChI is InChI=1S/C22H28ClNO/c1-7-22(5,6)13-12-18-20(25)17(21(2,3)4)14-19(24-18)15-8-10-16(23)11-9-15/h8-14,25H,7H2,1-6H3/b13-12+. The summed E-state index contributed by atoms with van der Waals surface area (Å²) in [7, 11) is 0. The molecule has 0 aliphatic heterocycles. The molecule has 1 N–H and O–H groups in total. The minimum atomic E-state index is -0.183. The Morgan fingerprint density at radius 2 is 1.68 bits per heavy atom. The monoisotopic (exact) mass is 357 g/mol. The second-order valence-corrected chi connectivity index (χ2v) is 8.66. The lowest BCUT2D eigenvalue weighted by molar-refractivity contribution is 0.442. The summed E-state index contributed by atoms with van der Waals surface area (Å²) in [6, 6.07) is 9.60. The van der Waals surface area contributed by atoms with Crippen molar-refractivity contribution in [1.82, 2.24) is 4.98 Å². The molecule has 0 radical (unpaired) electrons. The largest absolute Gasteiger partial charge is 0.505 e. The summed E-state index contributed by atoms with van der Waals surface area (Å²) in [4.78, 5) is 4.70. The Kier molecular flexibility index (Phi) is 5.63. The second kappa shape index (κ2) is 7.21. The Bertz CT molecular complexity index is 768. The molecule has 1 aromatic carbocycles. The molecule has 3 heteroatoms. The van der Waals surface area contributed by atoms with Crippen LogP contribution in [0, 0.1) is 5.41 Å². The normalized spacial score (nSPS) is 12.8. The molecule has 0 bridgehead atoms. The molecule has 0 atom stereocenters. The number of rotatable bonds is 4. The summed E-state index contributed by atoms with van der Waals surface area (Å²) in [5, 5.41) is 11.5. The molecule has 0 saturated carbocycles. The third-order valence-electron chi connectivity index (χ3n) is 4.57. The summed E-state index contributed by atoms with van der Waals surface area (Å²) in [6.45, 7) is 12.8. The minimum Gasteiger partial charge on any atom is -0.505 e. The molecule has 2 rings (SSSR count). The zero-order valence-corrected chi connectivity index (χ0v) is 16.8. The Hall–Kier alpha value is -1.80. The van der Waals surface area contributed by atoms with Crippen LogP contribution in [0.2, 0.25) is 5.02 Å². The predicted octanol–water partition coefficient (Wildman–Crippen LogP) is 6.85. The molecule has 0 saturated heterocycles. The van der Waals surface area contributed by atoms with Crippen LogP contribution in [0.5, 0.6) is 5.75 Å². The number of aromatic nitrogens is 1. The van der Waals surface area contributed by atoms with Gasteiger partial charge in [0.05, 0.1) is 5.69 Å². The fourth-order valence-corrected chi connectivity index (χ4v) is 2.56. The molecule has 1 heterocycles. The molecule has 0 amide bonds. The first-order valence-electron chi connectivity index (χ1n) is 8.73. The summed E-state index contributed by atoms with van der Waals surface area (Å²) in [6.07, 6.45) is 5.08. The van der Waals surface area contributed by atoms with Crippen molar-refractivity contribution in [2.75, 3.05) is 0 Å². The van der Waals surface area contributed by atoms with Crippen LogP contribution in [0.3, 0.4) is 0 Å². The van der Waals surface area contributed by atoms with Gasteiger partial charge in [-0.2, -0.15) is 0 Å². The Balaban J connectivity index is 2.62. The van der Waals surface area contributed by atoms with Gasteiger partial charge in [0.2, 0.25) is 0 Å². The highest BCUT2D eigenvalue weighted by molar-refractivity contribution is 6.30. The number of aromatic hydroxyl groups is 1. The Morgan fingerprint density at radius 3 is 2.20 bits per heavy atom. The quantitative estimate of drug-likeness (QED) is 0.648. The van der Waals surface area contributed by atoms with E-state index in [9.17, 15) is 5.11 Å². The molecular formula is C22H28ClNO. The van der Waals surface area contributed by atoms with Crippen LogP contribution in [0.4, 0.5) is 0 Å². The second-order valence-electron chi connectivity index (χ2n) is 8.22. The first-order chi connectivity index (χ1) is 11.5. The summed E-state index contributed by atoms with van der Waals surface area (Å²) < 4.78 is 0. The van der Waals surface area contributed by atoms with Crippen LogP contribution < -0.4 is 0 Å². The van der Waals surface area contributed by atoms with Crippen molar-refractivity contribution in [3.05, 3.63) is 52.7 Å². The van der Waals surface area contributed by atoms with Gasteiger partial charge in [-0.1, -0.05) is 71.4 Å². The van der Waals surface area contributed by atoms with Crippen molar-refractivity contribution in [2.45, 2.75) is 53.4 Å². The molecule has 0 fully saturated rings. The van der Waals surface area contributed by atoms with E-state index >= 15 is 0 Å². The lowest BCUT2D eigenvalue weighted by atomic mass is 9.84. The molecule has 0 spiro atoms. The first kappa shape index (κ1) is 19.5. The van der Waals surface area contributed by atoms with Crippen LogP contribution in [-0.4, -0.2) is 10.1 Å². The van der Waals surface area contributed by atoms with Crippen molar-refractivity contribution in [2.24, 2.45) is 5.41 Å². The van der Waals surface area contributed by atoms with Gasteiger partial charge in [-0.25, -0.2) is 4.98 Å². The zero-order valence-electron chi connectivity index (χ0n) is 16.0. The van der Waals surface area contributed by atoms with Gasteiger partial charge < -0.3 is 5.11 Å². The highest BCUT2D eigenvalue weighted by Crippen LogP contribution is 2.37. The van der Waals surface area contributed by atoms with Gasteiger partial charge in [0, 0.05) is 16.1 Å². The van der Waals surface area contributed by atoms with Crippen LogP contribution >= 0.6 is 11.6 Å². The van der Waals surface area contributed by atoms with Gasteiger partial charge in [-0.15, -0.1) is 0 Å². The number of hydrogen-bond acceptors (Lipinski definition) is 2. The number of halogens is 1. The molecule has 134 valence electrons. The zero-order chi connectivity index (χ0) is 18.8. The molecule has 25 heavy (non-hydrogen) atoms. The van der Waals surface area contributed by atoms with E-state index < -0.39 is 0 Å². The molecule has 0 aliphatic carbocycles. The molecular weight excluding hydrogens is 330 g/mol.